The number of aromatic amines is 1. The summed E-state index contributed by atoms with van der Waals surface area (Å²) < 4.78 is 6.25. The van der Waals surface area contributed by atoms with Crippen molar-refractivity contribution in [3.8, 4) is 16.9 Å². The van der Waals surface area contributed by atoms with E-state index in [-0.39, 0.29) is 10.6 Å². The number of nitro groups is 1. The smallest absolute Gasteiger partial charge is 0.277 e. The fourth-order valence-corrected chi connectivity index (χ4v) is 3.58. The number of H-pyrrole nitrogens is 1. The van der Waals surface area contributed by atoms with E-state index in [9.17, 15) is 10.1 Å². The van der Waals surface area contributed by atoms with Gasteiger partial charge in [0, 0.05) is 34.5 Å². The van der Waals surface area contributed by atoms with Gasteiger partial charge in [-0.25, -0.2) is 0 Å². The highest BCUT2D eigenvalue weighted by atomic mass is 16.6. The third-order valence-corrected chi connectivity index (χ3v) is 5.28. The van der Waals surface area contributed by atoms with Gasteiger partial charge in [-0.15, -0.1) is 0 Å². The first-order valence-corrected chi connectivity index (χ1v) is 9.68. The molecule has 29 heavy (non-hydrogen) atoms. The normalized spacial score (nSPS) is 11.4. The Morgan fingerprint density at radius 1 is 1.00 bits per heavy atom. The molecule has 0 unspecified atom stereocenters. The van der Waals surface area contributed by atoms with Gasteiger partial charge in [0.25, 0.3) is 5.69 Å². The van der Waals surface area contributed by atoms with Gasteiger partial charge in [-0.2, -0.15) is 0 Å². The van der Waals surface area contributed by atoms with Crippen LogP contribution >= 0.6 is 0 Å². The molecule has 0 fully saturated rings. The van der Waals surface area contributed by atoms with Gasteiger partial charge < -0.3 is 14.6 Å². The summed E-state index contributed by atoms with van der Waals surface area (Å²) >= 11 is 0. The average molecular weight is 389 g/mol. The molecule has 4 rings (SSSR count). The summed E-state index contributed by atoms with van der Waals surface area (Å²) in [6, 6.07) is 18.8. The molecule has 0 amide bonds. The van der Waals surface area contributed by atoms with E-state index in [0.717, 1.165) is 40.5 Å². The third kappa shape index (κ3) is 3.54. The van der Waals surface area contributed by atoms with E-state index in [4.69, 9.17) is 4.74 Å². The maximum atomic E-state index is 11.6. The molecular weight excluding hydrogens is 366 g/mol. The molecule has 148 valence electrons. The average Bonchev–Trinajstić information content (AvgIpc) is 3.12. The van der Waals surface area contributed by atoms with Crippen molar-refractivity contribution >= 4 is 27.5 Å². The van der Waals surface area contributed by atoms with Crippen molar-refractivity contribution in [2.45, 2.75) is 6.92 Å². The monoisotopic (exact) mass is 389 g/mol. The second-order valence-electron chi connectivity index (χ2n) is 7.05. The minimum atomic E-state index is -0.348. The molecule has 0 spiro atoms. The molecule has 3 aromatic carbocycles. The van der Waals surface area contributed by atoms with Gasteiger partial charge in [-0.05, 0) is 31.8 Å². The number of nitrogens with zero attached hydrogens (tertiary/aromatic N) is 2. The predicted molar refractivity (Wildman–Crippen MR) is 117 cm³/mol. The Kier molecular flexibility index (Phi) is 5.18. The van der Waals surface area contributed by atoms with Crippen LogP contribution in [0.4, 0.5) is 5.69 Å². The zero-order chi connectivity index (χ0) is 20.4. The van der Waals surface area contributed by atoms with E-state index < -0.39 is 0 Å². The number of nitro benzene ring substituents is 1. The number of fused-ring (bicyclic) bond motifs is 3. The zero-order valence-corrected chi connectivity index (χ0v) is 16.5. The Labute approximate surface area is 168 Å². The zero-order valence-electron chi connectivity index (χ0n) is 16.5. The molecule has 6 nitrogen and oxygen atoms in total. The molecule has 0 aliphatic heterocycles. The number of benzene rings is 3. The number of nitrogens with one attached hydrogen (secondary N) is 1. The van der Waals surface area contributed by atoms with Crippen LogP contribution in [0.3, 0.4) is 0 Å². The second kappa shape index (κ2) is 7.93. The second-order valence-corrected chi connectivity index (χ2v) is 7.05. The van der Waals surface area contributed by atoms with E-state index >= 15 is 0 Å². The molecule has 0 aliphatic rings. The van der Waals surface area contributed by atoms with Crippen LogP contribution in [0.1, 0.15) is 6.92 Å². The van der Waals surface area contributed by atoms with Crippen molar-refractivity contribution in [1.82, 2.24) is 9.88 Å². The van der Waals surface area contributed by atoms with Gasteiger partial charge in [0.15, 0.2) is 5.75 Å². The number of hydrogen-bond acceptors (Lipinski definition) is 4. The molecule has 0 aliphatic carbocycles. The Bertz CT molecular complexity index is 1180. The number of likely N-dealkylation sites (N-methyl/N-ethyl adjacent to an activating group) is 1. The number of rotatable bonds is 7. The fourth-order valence-electron chi connectivity index (χ4n) is 3.58. The van der Waals surface area contributed by atoms with Gasteiger partial charge in [0.05, 0.1) is 16.0 Å². The summed E-state index contributed by atoms with van der Waals surface area (Å²) in [5.74, 6) is 0.650. The highest BCUT2D eigenvalue weighted by molar-refractivity contribution is 6.11. The maximum Gasteiger partial charge on any atom is 0.277 e. The lowest BCUT2D eigenvalue weighted by molar-refractivity contribution is -0.384. The van der Waals surface area contributed by atoms with Crippen molar-refractivity contribution in [1.29, 1.82) is 0 Å². The number of ether oxygens (including phenoxy) is 1. The summed E-state index contributed by atoms with van der Waals surface area (Å²) in [5, 5.41) is 13.8. The third-order valence-electron chi connectivity index (χ3n) is 5.28. The molecule has 1 aromatic heterocycles. The van der Waals surface area contributed by atoms with Crippen LogP contribution in [-0.2, 0) is 0 Å². The van der Waals surface area contributed by atoms with Crippen molar-refractivity contribution in [2.75, 3.05) is 26.7 Å². The quantitative estimate of drug-likeness (QED) is 0.347. The first-order valence-electron chi connectivity index (χ1n) is 9.68. The van der Waals surface area contributed by atoms with Crippen LogP contribution in [0.5, 0.6) is 5.75 Å². The molecule has 0 saturated heterocycles. The summed E-state index contributed by atoms with van der Waals surface area (Å²) in [4.78, 5) is 16.9. The summed E-state index contributed by atoms with van der Waals surface area (Å²) in [6.45, 7) is 4.28. The van der Waals surface area contributed by atoms with E-state index in [1.165, 1.54) is 6.07 Å². The Hall–Kier alpha value is -3.38. The molecule has 1 heterocycles. The largest absolute Gasteiger partial charge is 0.489 e. The highest BCUT2D eigenvalue weighted by Gasteiger charge is 2.21. The van der Waals surface area contributed by atoms with Gasteiger partial charge in [-0.1, -0.05) is 43.3 Å². The minimum Gasteiger partial charge on any atom is -0.489 e. The van der Waals surface area contributed by atoms with E-state index in [2.05, 4.69) is 22.9 Å². The lowest BCUT2D eigenvalue weighted by Gasteiger charge is -2.17. The molecule has 4 aromatic rings. The van der Waals surface area contributed by atoms with Crippen LogP contribution in [0.25, 0.3) is 32.9 Å². The van der Waals surface area contributed by atoms with Gasteiger partial charge in [-0.3, -0.25) is 10.1 Å². The van der Waals surface area contributed by atoms with Crippen LogP contribution in [0.2, 0.25) is 0 Å². The lowest BCUT2D eigenvalue weighted by atomic mass is 10.0. The number of hydrogen-bond donors (Lipinski definition) is 1. The van der Waals surface area contributed by atoms with E-state index in [1.807, 2.05) is 43.4 Å². The topological polar surface area (TPSA) is 71.4 Å². The molecule has 0 atom stereocenters. The van der Waals surface area contributed by atoms with Crippen molar-refractivity contribution in [3.05, 3.63) is 70.8 Å². The summed E-state index contributed by atoms with van der Waals surface area (Å²) in [5.41, 5.74) is 3.21. The van der Waals surface area contributed by atoms with Crippen LogP contribution in [0.15, 0.2) is 60.7 Å². The Morgan fingerprint density at radius 2 is 1.76 bits per heavy atom. The first kappa shape index (κ1) is 19.0. The van der Waals surface area contributed by atoms with Crippen molar-refractivity contribution in [3.63, 3.8) is 0 Å². The highest BCUT2D eigenvalue weighted by Crippen LogP contribution is 2.42. The minimum absolute atomic E-state index is 0.0680. The predicted octanol–water partition coefficient (Wildman–Crippen LogP) is 5.23. The number of para-hydroxylation sites is 2. The van der Waals surface area contributed by atoms with E-state index in [0.29, 0.717) is 17.9 Å². The van der Waals surface area contributed by atoms with E-state index in [1.54, 1.807) is 12.1 Å². The Morgan fingerprint density at radius 3 is 2.55 bits per heavy atom. The van der Waals surface area contributed by atoms with Gasteiger partial charge >= 0.3 is 0 Å². The first-order chi connectivity index (χ1) is 14.1. The van der Waals surface area contributed by atoms with Gasteiger partial charge in [0.2, 0.25) is 0 Å². The molecular formula is C23H23N3O3. The van der Waals surface area contributed by atoms with Crippen LogP contribution < -0.4 is 4.74 Å². The van der Waals surface area contributed by atoms with Crippen molar-refractivity contribution < 1.29 is 9.66 Å². The fraction of sp³-hybridized carbons (Fsp3) is 0.217. The SMILES string of the molecule is CCN(C)CCOc1c(-c2ccccc2[N+](=O)[O-])ccc2c1[nH]c1ccccc12. The standard InChI is InChI=1S/C23H23N3O3/c1-3-25(2)14-15-29-23-19(17-9-5-7-11-21(17)26(27)28)13-12-18-16-8-4-6-10-20(16)24-22(18)23/h4-13,24H,3,14-15H2,1-2H3. The summed E-state index contributed by atoms with van der Waals surface area (Å²) in [7, 11) is 2.04. The molecule has 6 heteroatoms. The number of aromatic nitrogens is 1. The molecule has 0 saturated carbocycles. The van der Waals surface area contributed by atoms with Crippen molar-refractivity contribution in [2.24, 2.45) is 0 Å². The molecule has 0 bridgehead atoms. The molecule has 1 N–H and O–H groups in total. The van der Waals surface area contributed by atoms with Gasteiger partial charge in [0.1, 0.15) is 6.61 Å². The Balaban J connectivity index is 1.90. The lowest BCUT2D eigenvalue weighted by Crippen LogP contribution is -2.23. The molecule has 0 radical (unpaired) electrons. The van der Waals surface area contributed by atoms with Crippen LogP contribution in [0, 0.1) is 10.1 Å². The maximum absolute atomic E-state index is 11.6. The summed E-state index contributed by atoms with van der Waals surface area (Å²) in [6.07, 6.45) is 0. The van der Waals surface area contributed by atoms with Crippen LogP contribution in [-0.4, -0.2) is 41.6 Å².